The summed E-state index contributed by atoms with van der Waals surface area (Å²) < 4.78 is 0. The summed E-state index contributed by atoms with van der Waals surface area (Å²) in [4.78, 5) is 25.9. The van der Waals surface area contributed by atoms with Crippen LogP contribution in [0.3, 0.4) is 0 Å². The average Bonchev–Trinajstić information content (AvgIpc) is 2.78. The number of anilines is 1. The Morgan fingerprint density at radius 1 is 1.39 bits per heavy atom. The van der Waals surface area contributed by atoms with Gasteiger partial charge in [-0.2, -0.15) is 0 Å². The highest BCUT2D eigenvalue weighted by atomic mass is 16.2. The number of fused-ring (bicyclic) bond motifs is 1. The van der Waals surface area contributed by atoms with Crippen molar-refractivity contribution in [3.8, 4) is 0 Å². The zero-order chi connectivity index (χ0) is 13.1. The van der Waals surface area contributed by atoms with Crippen LogP contribution in [-0.4, -0.2) is 30.4 Å². The number of carbonyl (C=O) groups excluding carboxylic acids is 2. The van der Waals surface area contributed by atoms with Crippen molar-refractivity contribution in [1.29, 1.82) is 0 Å². The molecule has 94 valence electrons. The van der Waals surface area contributed by atoms with Crippen molar-refractivity contribution in [3.05, 3.63) is 30.0 Å². The zero-order valence-electron chi connectivity index (χ0n) is 9.91. The van der Waals surface area contributed by atoms with Gasteiger partial charge in [0.25, 0.3) is 5.91 Å². The summed E-state index contributed by atoms with van der Waals surface area (Å²) in [5.41, 5.74) is 7.56. The van der Waals surface area contributed by atoms with Gasteiger partial charge in [-0.05, 0) is 18.2 Å². The molecule has 0 saturated heterocycles. The molecule has 6 nitrogen and oxygen atoms in total. The van der Waals surface area contributed by atoms with Crippen LogP contribution >= 0.6 is 0 Å². The minimum absolute atomic E-state index is 0.0447. The van der Waals surface area contributed by atoms with E-state index in [2.05, 4.69) is 15.6 Å². The molecule has 0 aliphatic carbocycles. The van der Waals surface area contributed by atoms with Gasteiger partial charge in [0, 0.05) is 29.8 Å². The van der Waals surface area contributed by atoms with Crippen molar-refractivity contribution >= 4 is 28.4 Å². The first-order valence-electron chi connectivity index (χ1n) is 5.47. The molecule has 0 atom stereocenters. The third-order valence-electron chi connectivity index (χ3n) is 2.64. The van der Waals surface area contributed by atoms with Gasteiger partial charge in [-0.3, -0.25) is 9.59 Å². The lowest BCUT2D eigenvalue weighted by atomic mass is 10.1. The Morgan fingerprint density at radius 2 is 2.17 bits per heavy atom. The number of rotatable bonds is 3. The number of nitrogen functional groups attached to an aromatic ring is 1. The van der Waals surface area contributed by atoms with E-state index in [1.165, 1.54) is 7.05 Å². The summed E-state index contributed by atoms with van der Waals surface area (Å²) in [6, 6.07) is 5.26. The maximum atomic E-state index is 11.9. The smallest absolute Gasteiger partial charge is 0.253 e. The number of hydrogen-bond acceptors (Lipinski definition) is 3. The maximum Gasteiger partial charge on any atom is 0.253 e. The first kappa shape index (κ1) is 12.0. The average molecular weight is 246 g/mol. The highest BCUT2D eigenvalue weighted by Gasteiger charge is 2.12. The number of nitrogens with one attached hydrogen (secondary N) is 3. The number of amides is 2. The van der Waals surface area contributed by atoms with Crippen molar-refractivity contribution in [2.45, 2.75) is 0 Å². The predicted octanol–water partition coefficient (Wildman–Crippen LogP) is 0.226. The predicted molar refractivity (Wildman–Crippen MR) is 69.1 cm³/mol. The van der Waals surface area contributed by atoms with Gasteiger partial charge in [-0.1, -0.05) is 0 Å². The van der Waals surface area contributed by atoms with Crippen molar-refractivity contribution in [1.82, 2.24) is 15.6 Å². The molecule has 0 unspecified atom stereocenters. The first-order chi connectivity index (χ1) is 8.61. The van der Waals surface area contributed by atoms with Gasteiger partial charge < -0.3 is 21.4 Å². The normalized spacial score (nSPS) is 10.3. The van der Waals surface area contributed by atoms with Crippen LogP contribution in [0.25, 0.3) is 10.9 Å². The monoisotopic (exact) mass is 246 g/mol. The molecule has 2 amide bonds. The molecule has 5 N–H and O–H groups in total. The molecule has 1 heterocycles. The number of nitrogens with two attached hydrogens (primary N) is 1. The molecule has 0 aliphatic heterocycles. The van der Waals surface area contributed by atoms with Gasteiger partial charge >= 0.3 is 0 Å². The number of hydrogen-bond donors (Lipinski definition) is 4. The molecular formula is C12H14N4O2. The molecule has 2 aromatic rings. The Morgan fingerprint density at radius 3 is 2.89 bits per heavy atom. The highest BCUT2D eigenvalue weighted by molar-refractivity contribution is 6.07. The second kappa shape index (κ2) is 4.79. The standard InChI is InChI=1S/C12H14N4O2/c1-14-11(17)6-16-12(18)9-5-15-10-4-7(13)2-3-8(9)10/h2-5,15H,6,13H2,1H3,(H,14,17)(H,16,18). The molecule has 6 heteroatoms. The van der Waals surface area contributed by atoms with Crippen LogP contribution in [0.15, 0.2) is 24.4 Å². The number of H-pyrrole nitrogens is 1. The zero-order valence-corrected chi connectivity index (χ0v) is 9.91. The third kappa shape index (κ3) is 2.27. The van der Waals surface area contributed by atoms with Crippen LogP contribution in [0.1, 0.15) is 10.4 Å². The number of benzene rings is 1. The van der Waals surface area contributed by atoms with Crippen molar-refractivity contribution in [2.24, 2.45) is 0 Å². The van der Waals surface area contributed by atoms with Crippen molar-refractivity contribution in [3.63, 3.8) is 0 Å². The molecule has 0 spiro atoms. The SMILES string of the molecule is CNC(=O)CNC(=O)c1c[nH]c2cc(N)ccc12. The Balaban J connectivity index is 2.20. The van der Waals surface area contributed by atoms with E-state index >= 15 is 0 Å². The summed E-state index contributed by atoms with van der Waals surface area (Å²) in [6.45, 7) is -0.0447. The van der Waals surface area contributed by atoms with E-state index in [-0.39, 0.29) is 18.4 Å². The molecule has 0 saturated carbocycles. The van der Waals surface area contributed by atoms with E-state index in [0.717, 1.165) is 10.9 Å². The summed E-state index contributed by atoms with van der Waals surface area (Å²) in [5, 5.41) is 5.75. The summed E-state index contributed by atoms with van der Waals surface area (Å²) in [5.74, 6) is -0.540. The van der Waals surface area contributed by atoms with Crippen molar-refractivity contribution in [2.75, 3.05) is 19.3 Å². The number of aromatic amines is 1. The number of aromatic nitrogens is 1. The Hall–Kier alpha value is -2.50. The largest absolute Gasteiger partial charge is 0.399 e. The third-order valence-corrected chi connectivity index (χ3v) is 2.64. The second-order valence-corrected chi connectivity index (χ2v) is 3.86. The minimum Gasteiger partial charge on any atom is -0.399 e. The van der Waals surface area contributed by atoms with Gasteiger partial charge in [-0.15, -0.1) is 0 Å². The fraction of sp³-hybridized carbons (Fsp3) is 0.167. The minimum atomic E-state index is -0.297. The molecule has 2 rings (SSSR count). The van der Waals surface area contributed by atoms with Gasteiger partial charge in [0.05, 0.1) is 12.1 Å². The van der Waals surface area contributed by atoms with Crippen LogP contribution in [0.4, 0.5) is 5.69 Å². The fourth-order valence-electron chi connectivity index (χ4n) is 1.68. The Labute approximate surface area is 104 Å². The van der Waals surface area contributed by atoms with Crippen LogP contribution in [0, 0.1) is 0 Å². The molecule has 1 aromatic heterocycles. The molecule has 0 aliphatic rings. The maximum absolute atomic E-state index is 11.9. The summed E-state index contributed by atoms with van der Waals surface area (Å²) >= 11 is 0. The number of carbonyl (C=O) groups is 2. The molecular weight excluding hydrogens is 232 g/mol. The summed E-state index contributed by atoms with van der Waals surface area (Å²) in [7, 11) is 1.52. The van der Waals surface area contributed by atoms with Gasteiger partial charge in [0.2, 0.25) is 5.91 Å². The molecule has 1 aromatic carbocycles. The van der Waals surface area contributed by atoms with Crippen LogP contribution < -0.4 is 16.4 Å². The lowest BCUT2D eigenvalue weighted by Crippen LogP contribution is -2.35. The van der Waals surface area contributed by atoms with E-state index in [4.69, 9.17) is 5.73 Å². The molecule has 0 bridgehead atoms. The Kier molecular flexibility index (Phi) is 3.18. The first-order valence-corrected chi connectivity index (χ1v) is 5.47. The lowest BCUT2D eigenvalue weighted by molar-refractivity contribution is -0.119. The highest BCUT2D eigenvalue weighted by Crippen LogP contribution is 2.20. The van der Waals surface area contributed by atoms with E-state index < -0.39 is 0 Å². The van der Waals surface area contributed by atoms with E-state index in [0.29, 0.717) is 11.3 Å². The van der Waals surface area contributed by atoms with E-state index in [1.54, 1.807) is 24.4 Å². The van der Waals surface area contributed by atoms with E-state index in [9.17, 15) is 9.59 Å². The second-order valence-electron chi connectivity index (χ2n) is 3.86. The number of likely N-dealkylation sites (N-methyl/N-ethyl adjacent to an activating group) is 1. The van der Waals surface area contributed by atoms with Crippen LogP contribution in [-0.2, 0) is 4.79 Å². The quantitative estimate of drug-likeness (QED) is 0.583. The topological polar surface area (TPSA) is 100 Å². The van der Waals surface area contributed by atoms with Crippen LogP contribution in [0.2, 0.25) is 0 Å². The van der Waals surface area contributed by atoms with Gasteiger partial charge in [-0.25, -0.2) is 0 Å². The van der Waals surface area contributed by atoms with Crippen molar-refractivity contribution < 1.29 is 9.59 Å². The molecule has 18 heavy (non-hydrogen) atoms. The summed E-state index contributed by atoms with van der Waals surface area (Å²) in [6.07, 6.45) is 1.60. The fourth-order valence-corrected chi connectivity index (χ4v) is 1.68. The van der Waals surface area contributed by atoms with Gasteiger partial charge in [0.15, 0.2) is 0 Å². The van der Waals surface area contributed by atoms with Gasteiger partial charge in [0.1, 0.15) is 0 Å². The van der Waals surface area contributed by atoms with Crippen LogP contribution in [0.5, 0.6) is 0 Å². The molecule has 0 fully saturated rings. The molecule has 0 radical (unpaired) electrons. The Bertz CT molecular complexity index is 603. The van der Waals surface area contributed by atoms with E-state index in [1.807, 2.05) is 0 Å². The lowest BCUT2D eigenvalue weighted by Gasteiger charge is -2.03.